The number of carbonyl (C=O) groups is 2. The maximum absolute atomic E-state index is 13.0. The molecule has 2 aromatic heterocycles. The number of pyridine rings is 1. The first-order valence-electron chi connectivity index (χ1n) is 8.52. The van der Waals surface area contributed by atoms with Crippen LogP contribution in [0, 0.1) is 0 Å². The molecule has 1 amide bonds. The summed E-state index contributed by atoms with van der Waals surface area (Å²) < 4.78 is 0. The summed E-state index contributed by atoms with van der Waals surface area (Å²) in [6.45, 7) is 1.37. The highest BCUT2D eigenvalue weighted by atomic mass is 32.1. The summed E-state index contributed by atoms with van der Waals surface area (Å²) in [5.74, 6) is -1.23. The van der Waals surface area contributed by atoms with Crippen LogP contribution in [0.1, 0.15) is 27.7 Å². The van der Waals surface area contributed by atoms with Crippen LogP contribution in [-0.4, -0.2) is 53.9 Å². The topological polar surface area (TPSA) is 74.9 Å². The van der Waals surface area contributed by atoms with E-state index in [0.717, 1.165) is 18.5 Å². The lowest BCUT2D eigenvalue weighted by Gasteiger charge is -2.26. The summed E-state index contributed by atoms with van der Waals surface area (Å²) in [5.41, 5.74) is 0.926. The molecule has 0 spiro atoms. The largest absolute Gasteiger partial charge is 0.503 e. The van der Waals surface area contributed by atoms with Gasteiger partial charge in [0.2, 0.25) is 5.78 Å². The fourth-order valence-electron chi connectivity index (χ4n) is 3.15. The monoisotopic (exact) mass is 372 g/mol. The maximum atomic E-state index is 13.0. The fourth-order valence-corrected chi connectivity index (χ4v) is 3.83. The van der Waals surface area contributed by atoms with Gasteiger partial charge < -0.3 is 14.9 Å². The zero-order chi connectivity index (χ0) is 18.7. The van der Waals surface area contributed by atoms with E-state index in [0.29, 0.717) is 11.4 Å². The molecule has 0 saturated heterocycles. The van der Waals surface area contributed by atoms with Crippen molar-refractivity contribution < 1.29 is 19.6 Å². The second-order valence-electron chi connectivity index (χ2n) is 6.56. The first kappa shape index (κ1) is 18.3. The number of aliphatic hydroxyl groups excluding tert-OH is 1. The van der Waals surface area contributed by atoms with Gasteiger partial charge in [-0.25, -0.2) is 0 Å². The molecule has 3 heterocycles. The lowest BCUT2D eigenvalue weighted by atomic mass is 9.96. The van der Waals surface area contributed by atoms with Gasteiger partial charge in [-0.05, 0) is 29.1 Å². The molecule has 3 rings (SSSR count). The number of ketones is 1. The van der Waals surface area contributed by atoms with E-state index < -0.39 is 17.7 Å². The summed E-state index contributed by atoms with van der Waals surface area (Å²) in [6, 6.07) is 6.47. The number of thiophene rings is 1. The van der Waals surface area contributed by atoms with Gasteiger partial charge in [0.15, 0.2) is 5.76 Å². The van der Waals surface area contributed by atoms with Crippen molar-refractivity contribution in [1.82, 2.24) is 9.88 Å². The molecule has 1 aliphatic rings. The average molecular weight is 372 g/mol. The number of aromatic nitrogens is 1. The predicted molar refractivity (Wildman–Crippen MR) is 99.3 cm³/mol. The third-order valence-electron chi connectivity index (χ3n) is 4.39. The summed E-state index contributed by atoms with van der Waals surface area (Å²) in [7, 11) is 4.10. The number of hydrogen-bond acceptors (Lipinski definition) is 5. The van der Waals surface area contributed by atoms with Crippen molar-refractivity contribution in [2.75, 3.05) is 27.2 Å². The van der Waals surface area contributed by atoms with Gasteiger partial charge in [0.05, 0.1) is 37.1 Å². The third-order valence-corrected chi connectivity index (χ3v) is 5.26. The van der Waals surface area contributed by atoms with Crippen molar-refractivity contribution in [3.05, 3.63) is 63.8 Å². The van der Waals surface area contributed by atoms with Crippen molar-refractivity contribution >= 4 is 23.0 Å². The van der Waals surface area contributed by atoms with Gasteiger partial charge in [0.25, 0.3) is 5.91 Å². The number of rotatable bonds is 7. The molecule has 7 heteroatoms. The fraction of sp³-hybridized carbons (Fsp3) is 0.316. The number of Topliss-reactive ketones (excluding diaryl/α,β-unsaturated/α-hetero) is 1. The molecule has 0 fully saturated rings. The van der Waals surface area contributed by atoms with Crippen molar-refractivity contribution in [2.24, 2.45) is 0 Å². The van der Waals surface area contributed by atoms with E-state index in [-0.39, 0.29) is 11.4 Å². The van der Waals surface area contributed by atoms with E-state index in [1.807, 2.05) is 14.1 Å². The summed E-state index contributed by atoms with van der Waals surface area (Å²) in [4.78, 5) is 33.1. The van der Waals surface area contributed by atoms with Crippen LogP contribution in [0.3, 0.4) is 0 Å². The minimum atomic E-state index is -0.586. The number of nitrogens with zero attached hydrogens (tertiary/aromatic N) is 2. The summed E-state index contributed by atoms with van der Waals surface area (Å²) >= 11 is 1.30. The Morgan fingerprint density at radius 3 is 2.65 bits per heavy atom. The maximum Gasteiger partial charge on any atom is 0.290 e. The van der Waals surface area contributed by atoms with E-state index in [9.17, 15) is 14.7 Å². The molecule has 6 nitrogen and oxygen atoms in total. The van der Waals surface area contributed by atoms with E-state index >= 15 is 0 Å². The zero-order valence-electron chi connectivity index (χ0n) is 14.8. The standard InChI is InChI=1S/C19H21N3O3S/c1-21(2)10-4-11-22-16(13-6-8-20-9-7-13)15(18(24)19(22)25)17(23)14-5-3-12-26-14/h3,5-9,12,16,24H,4,10-11H2,1-2H3/p+1/t16-/m1/s1. The summed E-state index contributed by atoms with van der Waals surface area (Å²) in [6.07, 6.45) is 4.04. The molecule has 0 aliphatic carbocycles. The molecule has 26 heavy (non-hydrogen) atoms. The van der Waals surface area contributed by atoms with Gasteiger partial charge in [-0.2, -0.15) is 0 Å². The molecule has 0 bridgehead atoms. The molecule has 0 saturated carbocycles. The van der Waals surface area contributed by atoms with E-state index in [1.165, 1.54) is 16.2 Å². The average Bonchev–Trinajstić information content (AvgIpc) is 3.24. The number of amides is 1. The Labute approximate surface area is 156 Å². The molecular weight excluding hydrogens is 350 g/mol. The first-order chi connectivity index (χ1) is 12.5. The smallest absolute Gasteiger partial charge is 0.290 e. The Morgan fingerprint density at radius 2 is 2.04 bits per heavy atom. The Balaban J connectivity index is 1.97. The molecule has 0 radical (unpaired) electrons. The number of aliphatic hydroxyl groups is 1. The highest BCUT2D eigenvalue weighted by Gasteiger charge is 2.43. The van der Waals surface area contributed by atoms with E-state index in [4.69, 9.17) is 0 Å². The molecule has 0 aromatic carbocycles. The highest BCUT2D eigenvalue weighted by molar-refractivity contribution is 7.12. The SMILES string of the molecule is C[NH+](C)CCCN1C(=O)C(O)=C(C(=O)c2cccs2)[C@H]1c1ccncc1. The molecule has 0 unspecified atom stereocenters. The van der Waals surface area contributed by atoms with Crippen LogP contribution in [0.2, 0.25) is 0 Å². The van der Waals surface area contributed by atoms with E-state index in [1.54, 1.807) is 46.9 Å². The second-order valence-corrected chi connectivity index (χ2v) is 7.51. The summed E-state index contributed by atoms with van der Waals surface area (Å²) in [5, 5.41) is 12.3. The molecule has 136 valence electrons. The first-order valence-corrected chi connectivity index (χ1v) is 9.40. The van der Waals surface area contributed by atoms with Crippen molar-refractivity contribution in [3.63, 3.8) is 0 Å². The van der Waals surface area contributed by atoms with Crippen LogP contribution in [0.15, 0.2) is 53.4 Å². The molecule has 2 N–H and O–H groups in total. The number of quaternary nitrogens is 1. The van der Waals surface area contributed by atoms with Gasteiger partial charge in [-0.1, -0.05) is 6.07 Å². The highest BCUT2D eigenvalue weighted by Crippen LogP contribution is 2.39. The quantitative estimate of drug-likeness (QED) is 0.718. The number of hydrogen-bond donors (Lipinski definition) is 2. The molecule has 1 aliphatic heterocycles. The van der Waals surface area contributed by atoms with Crippen LogP contribution in [0.5, 0.6) is 0 Å². The van der Waals surface area contributed by atoms with Crippen LogP contribution >= 0.6 is 11.3 Å². The van der Waals surface area contributed by atoms with Crippen LogP contribution in [0.25, 0.3) is 0 Å². The van der Waals surface area contributed by atoms with Gasteiger partial charge in [-0.15, -0.1) is 11.3 Å². The lowest BCUT2D eigenvalue weighted by molar-refractivity contribution is -0.858. The molecule has 1 atom stereocenters. The Hall–Kier alpha value is -2.51. The van der Waals surface area contributed by atoms with E-state index in [2.05, 4.69) is 4.98 Å². The van der Waals surface area contributed by atoms with Crippen LogP contribution < -0.4 is 4.90 Å². The van der Waals surface area contributed by atoms with Crippen LogP contribution in [-0.2, 0) is 4.79 Å². The Morgan fingerprint density at radius 1 is 1.31 bits per heavy atom. The number of carbonyl (C=O) groups excluding carboxylic acids is 2. The van der Waals surface area contributed by atoms with Gasteiger partial charge >= 0.3 is 0 Å². The van der Waals surface area contributed by atoms with Crippen molar-refractivity contribution in [1.29, 1.82) is 0 Å². The minimum absolute atomic E-state index is 0.154. The van der Waals surface area contributed by atoms with Gasteiger partial charge in [0, 0.05) is 25.4 Å². The van der Waals surface area contributed by atoms with Crippen molar-refractivity contribution in [2.45, 2.75) is 12.5 Å². The Bertz CT molecular complexity index is 816. The van der Waals surface area contributed by atoms with Gasteiger partial charge in [-0.3, -0.25) is 14.6 Å². The zero-order valence-corrected chi connectivity index (χ0v) is 15.6. The Kier molecular flexibility index (Phi) is 5.49. The lowest BCUT2D eigenvalue weighted by Crippen LogP contribution is -3.05. The minimum Gasteiger partial charge on any atom is -0.503 e. The number of nitrogens with one attached hydrogen (secondary N) is 1. The third kappa shape index (κ3) is 3.54. The predicted octanol–water partition coefficient (Wildman–Crippen LogP) is 1.26. The normalized spacial score (nSPS) is 17.4. The van der Waals surface area contributed by atoms with Crippen molar-refractivity contribution in [3.8, 4) is 0 Å². The molecule has 2 aromatic rings. The molecular formula is C19H22N3O3S+. The second kappa shape index (κ2) is 7.80. The van der Waals surface area contributed by atoms with Crippen LogP contribution in [0.4, 0.5) is 0 Å². The van der Waals surface area contributed by atoms with Gasteiger partial charge in [0.1, 0.15) is 0 Å².